The largest absolute Gasteiger partial charge is 0.331 e. The van der Waals surface area contributed by atoms with E-state index in [0.717, 1.165) is 24.5 Å². The minimum absolute atomic E-state index is 0.0237. The molecular weight excluding hydrogens is 212 g/mol. The van der Waals surface area contributed by atoms with Gasteiger partial charge < -0.3 is 10.2 Å². The van der Waals surface area contributed by atoms with E-state index in [0.29, 0.717) is 5.41 Å². The maximum absolute atomic E-state index is 11.5. The molecule has 0 aromatic rings. The number of nitrogens with one attached hydrogen (secondary N) is 1. The molecule has 3 heteroatoms. The van der Waals surface area contributed by atoms with Gasteiger partial charge in [-0.05, 0) is 30.6 Å². The minimum atomic E-state index is -0.0237. The van der Waals surface area contributed by atoms with Gasteiger partial charge in [0, 0.05) is 19.8 Å². The van der Waals surface area contributed by atoms with E-state index >= 15 is 0 Å². The van der Waals surface area contributed by atoms with Crippen LogP contribution < -0.4 is 5.32 Å². The Bertz CT molecular complexity index is 305. The monoisotopic (exact) mass is 238 g/mol. The van der Waals surface area contributed by atoms with Gasteiger partial charge in [-0.1, -0.05) is 33.3 Å². The van der Waals surface area contributed by atoms with Crippen LogP contribution in [0.25, 0.3) is 0 Å². The van der Waals surface area contributed by atoms with Crippen LogP contribution in [-0.4, -0.2) is 25.0 Å². The molecule has 98 valence electrons. The molecule has 3 nitrogen and oxygen atoms in total. The maximum atomic E-state index is 11.5. The van der Waals surface area contributed by atoms with E-state index in [-0.39, 0.29) is 6.03 Å². The second kappa shape index (κ2) is 5.56. The van der Waals surface area contributed by atoms with Crippen LogP contribution in [0.15, 0.2) is 11.8 Å². The summed E-state index contributed by atoms with van der Waals surface area (Å²) in [6.07, 6.45) is 6.68. The molecule has 0 aromatic heterocycles. The molecule has 1 aliphatic rings. The van der Waals surface area contributed by atoms with E-state index < -0.39 is 0 Å². The Kier molecular flexibility index (Phi) is 4.61. The lowest BCUT2D eigenvalue weighted by molar-refractivity contribution is 0.184. The molecule has 0 saturated carbocycles. The number of carbonyl (C=O) groups excluding carboxylic acids is 1. The molecule has 1 N–H and O–H groups in total. The van der Waals surface area contributed by atoms with Crippen LogP contribution in [0.5, 0.6) is 0 Å². The van der Waals surface area contributed by atoms with Crippen molar-refractivity contribution in [2.24, 2.45) is 11.3 Å². The highest BCUT2D eigenvalue weighted by Crippen LogP contribution is 2.39. The van der Waals surface area contributed by atoms with Crippen molar-refractivity contribution in [3.8, 4) is 0 Å². The molecule has 1 aliphatic carbocycles. The Hall–Kier alpha value is -0.990. The van der Waals surface area contributed by atoms with Gasteiger partial charge in [0.25, 0.3) is 0 Å². The quantitative estimate of drug-likeness (QED) is 0.803. The van der Waals surface area contributed by atoms with Crippen molar-refractivity contribution in [1.29, 1.82) is 0 Å². The third-order valence-electron chi connectivity index (χ3n) is 4.10. The van der Waals surface area contributed by atoms with Gasteiger partial charge in [0.15, 0.2) is 0 Å². The van der Waals surface area contributed by atoms with Gasteiger partial charge in [-0.2, -0.15) is 0 Å². The van der Waals surface area contributed by atoms with Crippen LogP contribution in [0.4, 0.5) is 4.79 Å². The van der Waals surface area contributed by atoms with Crippen molar-refractivity contribution in [3.05, 3.63) is 11.8 Å². The third kappa shape index (κ3) is 3.76. The predicted molar refractivity (Wildman–Crippen MR) is 71.7 cm³/mol. The molecule has 0 heterocycles. The van der Waals surface area contributed by atoms with Crippen molar-refractivity contribution in [1.82, 2.24) is 10.2 Å². The summed E-state index contributed by atoms with van der Waals surface area (Å²) in [5.74, 6) is 0.743. The maximum Gasteiger partial charge on any atom is 0.321 e. The zero-order chi connectivity index (χ0) is 13.1. The minimum Gasteiger partial charge on any atom is -0.331 e. The Balaban J connectivity index is 2.53. The summed E-state index contributed by atoms with van der Waals surface area (Å²) < 4.78 is 0. The molecule has 0 bridgehead atoms. The van der Waals surface area contributed by atoms with E-state index in [1.807, 2.05) is 0 Å². The first-order valence-corrected chi connectivity index (χ1v) is 6.54. The van der Waals surface area contributed by atoms with Gasteiger partial charge in [-0.25, -0.2) is 4.79 Å². The lowest BCUT2D eigenvalue weighted by Gasteiger charge is -2.35. The van der Waals surface area contributed by atoms with Crippen molar-refractivity contribution < 1.29 is 4.79 Å². The fraction of sp³-hybridized carbons (Fsp3) is 0.786. The lowest BCUT2D eigenvalue weighted by atomic mass is 9.71. The van der Waals surface area contributed by atoms with E-state index in [2.05, 4.69) is 32.2 Å². The van der Waals surface area contributed by atoms with Crippen LogP contribution in [0.1, 0.15) is 46.5 Å². The number of hydrogen-bond acceptors (Lipinski definition) is 1. The number of allylic oxidation sites excluding steroid dienone is 2. The molecule has 1 atom stereocenters. The number of rotatable bonds is 3. The first-order chi connectivity index (χ1) is 7.86. The highest BCUT2D eigenvalue weighted by Gasteiger charge is 2.29. The van der Waals surface area contributed by atoms with Gasteiger partial charge >= 0.3 is 6.03 Å². The zero-order valence-corrected chi connectivity index (χ0v) is 11.8. The Morgan fingerprint density at radius 2 is 2.18 bits per heavy atom. The molecule has 17 heavy (non-hydrogen) atoms. The van der Waals surface area contributed by atoms with Crippen LogP contribution in [0, 0.1) is 11.3 Å². The summed E-state index contributed by atoms with van der Waals surface area (Å²) in [4.78, 5) is 13.1. The summed E-state index contributed by atoms with van der Waals surface area (Å²) in [6.45, 7) is 6.94. The van der Waals surface area contributed by atoms with Crippen LogP contribution in [0.2, 0.25) is 0 Å². The van der Waals surface area contributed by atoms with Crippen LogP contribution in [0.3, 0.4) is 0 Å². The molecule has 1 rings (SSSR count). The molecule has 0 radical (unpaired) electrons. The Morgan fingerprint density at radius 1 is 1.53 bits per heavy atom. The van der Waals surface area contributed by atoms with Crippen LogP contribution in [-0.2, 0) is 0 Å². The fourth-order valence-electron chi connectivity index (χ4n) is 2.20. The highest BCUT2D eigenvalue weighted by molar-refractivity contribution is 5.75. The molecule has 2 amide bonds. The van der Waals surface area contributed by atoms with Crippen molar-refractivity contribution in [2.45, 2.75) is 46.5 Å². The smallest absolute Gasteiger partial charge is 0.321 e. The van der Waals surface area contributed by atoms with Crippen molar-refractivity contribution >= 4 is 6.03 Å². The van der Waals surface area contributed by atoms with E-state index in [1.165, 1.54) is 12.8 Å². The second-order valence-corrected chi connectivity index (χ2v) is 5.87. The average molecular weight is 238 g/mol. The van der Waals surface area contributed by atoms with E-state index in [1.54, 1.807) is 19.0 Å². The first-order valence-electron chi connectivity index (χ1n) is 6.54. The lowest BCUT2D eigenvalue weighted by Crippen LogP contribution is -2.35. The topological polar surface area (TPSA) is 32.3 Å². The zero-order valence-electron chi connectivity index (χ0n) is 11.8. The van der Waals surface area contributed by atoms with Crippen molar-refractivity contribution in [2.75, 3.05) is 14.1 Å². The predicted octanol–water partition coefficient (Wildman–Crippen LogP) is 3.38. The molecule has 0 aliphatic heterocycles. The highest BCUT2D eigenvalue weighted by atomic mass is 16.2. The number of carbonyl (C=O) groups is 1. The molecule has 0 spiro atoms. The first kappa shape index (κ1) is 14.1. The van der Waals surface area contributed by atoms with Crippen molar-refractivity contribution in [3.63, 3.8) is 0 Å². The number of amides is 2. The number of nitrogens with zero attached hydrogens (tertiary/aromatic N) is 1. The second-order valence-electron chi connectivity index (χ2n) is 5.87. The Morgan fingerprint density at radius 3 is 2.59 bits per heavy atom. The van der Waals surface area contributed by atoms with E-state index in [4.69, 9.17) is 0 Å². The summed E-state index contributed by atoms with van der Waals surface area (Å²) in [5.41, 5.74) is 1.50. The van der Waals surface area contributed by atoms with Gasteiger partial charge in [-0.15, -0.1) is 0 Å². The van der Waals surface area contributed by atoms with E-state index in [9.17, 15) is 4.79 Å². The molecule has 1 unspecified atom stereocenters. The Labute approximate surface area is 105 Å². The van der Waals surface area contributed by atoms with Gasteiger partial charge in [0.05, 0.1) is 0 Å². The SMILES string of the molecule is CCC(C)(C)C1CC=C(NC(=O)N(C)C)CC1. The van der Waals surface area contributed by atoms with Gasteiger partial charge in [-0.3, -0.25) is 0 Å². The van der Waals surface area contributed by atoms with Crippen LogP contribution >= 0.6 is 0 Å². The van der Waals surface area contributed by atoms with Gasteiger partial charge in [0.2, 0.25) is 0 Å². The summed E-state index contributed by atoms with van der Waals surface area (Å²) in [7, 11) is 3.53. The summed E-state index contributed by atoms with van der Waals surface area (Å²) >= 11 is 0. The number of urea groups is 1. The fourth-order valence-corrected chi connectivity index (χ4v) is 2.20. The molecule has 0 fully saturated rings. The normalized spacial score (nSPS) is 20.8. The molecule has 0 aromatic carbocycles. The molecule has 0 saturated heterocycles. The average Bonchev–Trinajstić information content (AvgIpc) is 2.29. The summed E-state index contributed by atoms with van der Waals surface area (Å²) in [5, 5.41) is 2.96. The molecular formula is C14H26N2O. The van der Waals surface area contributed by atoms with Gasteiger partial charge in [0.1, 0.15) is 0 Å². The summed E-state index contributed by atoms with van der Waals surface area (Å²) in [6, 6.07) is -0.0237. The number of hydrogen-bond donors (Lipinski definition) is 1. The third-order valence-corrected chi connectivity index (χ3v) is 4.10. The standard InChI is InChI=1S/C14H26N2O/c1-6-14(2,3)11-7-9-12(10-8-11)15-13(17)16(4)5/h9,11H,6-8,10H2,1-5H3,(H,15,17).